The number of pyridine rings is 2. The topological polar surface area (TPSA) is 103 Å². The number of nitrogens with zero attached hydrogens (tertiary/aromatic N) is 5. The van der Waals surface area contributed by atoms with Crippen LogP contribution in [-0.2, 0) is 4.79 Å². The summed E-state index contributed by atoms with van der Waals surface area (Å²) in [5.74, 6) is 0.518. The number of amides is 1. The number of carbonyl (C=O) groups is 1. The Labute approximate surface area is 197 Å². The number of fused-ring (bicyclic) bond motifs is 2. The highest BCUT2D eigenvalue weighted by Crippen LogP contribution is 2.41. The van der Waals surface area contributed by atoms with Gasteiger partial charge in [0.1, 0.15) is 5.76 Å². The van der Waals surface area contributed by atoms with Gasteiger partial charge in [-0.3, -0.25) is 14.5 Å². The standard InChI is InChI=1S/C24H21FN6O2S/c1-13(32)30-4-2-15(3-5-30)31-11-14(7-29-31)17-8-28-24(26)23-16(17)6-20(33-23)18-12-34-21-10-27-9-19(25)22(18)21/h6-12,15H,2-5H2,1H3,(H2,26,28). The predicted octanol–water partition coefficient (Wildman–Crippen LogP) is 4.87. The van der Waals surface area contributed by atoms with Crippen LogP contribution in [0.25, 0.3) is 43.5 Å². The molecule has 0 radical (unpaired) electrons. The minimum Gasteiger partial charge on any atom is -0.452 e. The number of nitrogen functional groups attached to an aromatic ring is 1. The first-order chi connectivity index (χ1) is 16.5. The summed E-state index contributed by atoms with van der Waals surface area (Å²) in [6, 6.07) is 2.11. The first-order valence-electron chi connectivity index (χ1n) is 11.0. The van der Waals surface area contributed by atoms with E-state index in [0.717, 1.165) is 47.1 Å². The fraction of sp³-hybridized carbons (Fsp3) is 0.250. The summed E-state index contributed by atoms with van der Waals surface area (Å²) in [4.78, 5) is 21.7. The van der Waals surface area contributed by atoms with Gasteiger partial charge in [-0.1, -0.05) is 0 Å². The molecule has 34 heavy (non-hydrogen) atoms. The second-order valence-electron chi connectivity index (χ2n) is 8.50. The molecule has 0 aromatic carbocycles. The number of anilines is 1. The molecule has 6 heterocycles. The van der Waals surface area contributed by atoms with Gasteiger partial charge in [0.25, 0.3) is 0 Å². The van der Waals surface area contributed by atoms with Crippen LogP contribution in [0.1, 0.15) is 25.8 Å². The number of halogens is 1. The molecule has 5 aromatic rings. The molecule has 8 nitrogen and oxygen atoms in total. The van der Waals surface area contributed by atoms with E-state index >= 15 is 0 Å². The summed E-state index contributed by atoms with van der Waals surface area (Å²) in [6.07, 6.45) is 10.1. The molecule has 6 rings (SSSR count). The van der Waals surface area contributed by atoms with Crippen molar-refractivity contribution in [1.82, 2.24) is 24.6 Å². The lowest BCUT2D eigenvalue weighted by Gasteiger charge is -2.31. The van der Waals surface area contributed by atoms with Gasteiger partial charge in [0.15, 0.2) is 17.2 Å². The van der Waals surface area contributed by atoms with Crippen molar-refractivity contribution < 1.29 is 13.6 Å². The number of aromatic nitrogens is 4. The molecule has 5 aromatic heterocycles. The number of hydrogen-bond donors (Lipinski definition) is 1. The van der Waals surface area contributed by atoms with Gasteiger partial charge in [-0.05, 0) is 18.9 Å². The van der Waals surface area contributed by atoms with Gasteiger partial charge in [0.2, 0.25) is 5.91 Å². The number of rotatable bonds is 3. The van der Waals surface area contributed by atoms with Crippen molar-refractivity contribution in [1.29, 1.82) is 0 Å². The smallest absolute Gasteiger partial charge is 0.219 e. The normalized spacial score (nSPS) is 14.9. The van der Waals surface area contributed by atoms with E-state index in [9.17, 15) is 9.18 Å². The Bertz CT molecular complexity index is 1550. The third-order valence-electron chi connectivity index (χ3n) is 6.49. The maximum absolute atomic E-state index is 14.5. The fourth-order valence-corrected chi connectivity index (χ4v) is 5.58. The highest BCUT2D eigenvalue weighted by molar-refractivity contribution is 7.17. The van der Waals surface area contributed by atoms with Crippen molar-refractivity contribution in [2.75, 3.05) is 18.8 Å². The van der Waals surface area contributed by atoms with Crippen LogP contribution < -0.4 is 5.73 Å². The minimum absolute atomic E-state index is 0.111. The Morgan fingerprint density at radius 3 is 2.82 bits per heavy atom. The molecule has 10 heteroatoms. The second-order valence-corrected chi connectivity index (χ2v) is 9.41. The van der Waals surface area contributed by atoms with Gasteiger partial charge in [-0.25, -0.2) is 9.37 Å². The zero-order valence-corrected chi connectivity index (χ0v) is 19.2. The van der Waals surface area contributed by atoms with Crippen LogP contribution in [0.5, 0.6) is 0 Å². The molecule has 172 valence electrons. The number of likely N-dealkylation sites (tertiary alicyclic amines) is 1. The molecule has 0 atom stereocenters. The molecular formula is C24H21FN6O2S. The summed E-state index contributed by atoms with van der Waals surface area (Å²) in [5.41, 5.74) is 8.99. The van der Waals surface area contributed by atoms with Crippen molar-refractivity contribution in [2.24, 2.45) is 0 Å². The molecule has 1 fully saturated rings. The van der Waals surface area contributed by atoms with Crippen LogP contribution >= 0.6 is 11.3 Å². The lowest BCUT2D eigenvalue weighted by molar-refractivity contribution is -0.130. The SMILES string of the molecule is CC(=O)N1CCC(n2cc(-c3cnc(N)c4oc(-c5csc6cncc(F)c56)cc34)cn2)CC1. The highest BCUT2D eigenvalue weighted by atomic mass is 32.1. The molecule has 0 spiro atoms. The molecule has 0 aliphatic carbocycles. The summed E-state index contributed by atoms with van der Waals surface area (Å²) >= 11 is 1.41. The second kappa shape index (κ2) is 7.91. The lowest BCUT2D eigenvalue weighted by atomic mass is 10.0. The van der Waals surface area contributed by atoms with Crippen LogP contribution in [0.2, 0.25) is 0 Å². The van der Waals surface area contributed by atoms with Crippen LogP contribution in [0.15, 0.2) is 46.8 Å². The monoisotopic (exact) mass is 476 g/mol. The van der Waals surface area contributed by atoms with Gasteiger partial charge in [0.05, 0.1) is 23.1 Å². The van der Waals surface area contributed by atoms with E-state index in [1.54, 1.807) is 19.3 Å². The lowest BCUT2D eigenvalue weighted by Crippen LogP contribution is -2.37. The summed E-state index contributed by atoms with van der Waals surface area (Å²) in [6.45, 7) is 3.07. The molecule has 1 aliphatic rings. The number of furan rings is 1. The number of piperidine rings is 1. The van der Waals surface area contributed by atoms with E-state index < -0.39 is 5.82 Å². The zero-order chi connectivity index (χ0) is 23.4. The van der Waals surface area contributed by atoms with Gasteiger partial charge < -0.3 is 15.1 Å². The third kappa shape index (κ3) is 3.33. The van der Waals surface area contributed by atoms with Gasteiger partial charge >= 0.3 is 0 Å². The number of nitrogens with two attached hydrogens (primary N) is 1. The molecule has 2 N–H and O–H groups in total. The van der Waals surface area contributed by atoms with E-state index in [0.29, 0.717) is 22.3 Å². The van der Waals surface area contributed by atoms with Crippen molar-refractivity contribution in [2.45, 2.75) is 25.8 Å². The molecule has 1 aliphatic heterocycles. The molecule has 0 bridgehead atoms. The number of thiophene rings is 1. The van der Waals surface area contributed by atoms with Crippen LogP contribution in [0, 0.1) is 5.82 Å². The summed E-state index contributed by atoms with van der Waals surface area (Å²) in [7, 11) is 0. The molecule has 0 saturated carbocycles. The zero-order valence-electron chi connectivity index (χ0n) is 18.4. The van der Waals surface area contributed by atoms with Crippen molar-refractivity contribution in [3.63, 3.8) is 0 Å². The first-order valence-corrected chi connectivity index (χ1v) is 11.9. The summed E-state index contributed by atoms with van der Waals surface area (Å²) < 4.78 is 23.3. The first kappa shape index (κ1) is 20.8. The van der Waals surface area contributed by atoms with Crippen molar-refractivity contribution >= 4 is 44.1 Å². The maximum atomic E-state index is 14.5. The van der Waals surface area contributed by atoms with E-state index in [2.05, 4.69) is 15.1 Å². The highest BCUT2D eigenvalue weighted by Gasteiger charge is 2.24. The van der Waals surface area contributed by atoms with Crippen molar-refractivity contribution in [3.8, 4) is 22.5 Å². The molecule has 1 amide bonds. The van der Waals surface area contributed by atoms with Gasteiger partial charge in [0, 0.05) is 71.4 Å². The van der Waals surface area contributed by atoms with Crippen LogP contribution in [0.3, 0.4) is 0 Å². The predicted molar refractivity (Wildman–Crippen MR) is 129 cm³/mol. The van der Waals surface area contributed by atoms with Gasteiger partial charge in [-0.15, -0.1) is 11.3 Å². The molecule has 1 saturated heterocycles. The average molecular weight is 477 g/mol. The number of carbonyl (C=O) groups excluding carboxylic acids is 1. The Morgan fingerprint density at radius 1 is 1.21 bits per heavy atom. The van der Waals surface area contributed by atoms with E-state index in [1.165, 1.54) is 17.5 Å². The van der Waals surface area contributed by atoms with E-state index in [-0.39, 0.29) is 17.8 Å². The van der Waals surface area contributed by atoms with Gasteiger partial charge in [-0.2, -0.15) is 5.10 Å². The Morgan fingerprint density at radius 2 is 2.03 bits per heavy atom. The Kier molecular flexibility index (Phi) is 4.84. The fourth-order valence-electron chi connectivity index (χ4n) is 4.66. The average Bonchev–Trinajstić information content (AvgIpc) is 3.58. The van der Waals surface area contributed by atoms with Crippen LogP contribution in [-0.4, -0.2) is 43.6 Å². The quantitative estimate of drug-likeness (QED) is 0.398. The van der Waals surface area contributed by atoms with Crippen molar-refractivity contribution in [3.05, 3.63) is 48.2 Å². The minimum atomic E-state index is -0.391. The largest absolute Gasteiger partial charge is 0.452 e. The third-order valence-corrected chi connectivity index (χ3v) is 7.40. The molecular weight excluding hydrogens is 455 g/mol. The molecule has 0 unspecified atom stereocenters. The van der Waals surface area contributed by atoms with Crippen LogP contribution in [0.4, 0.5) is 10.2 Å². The summed E-state index contributed by atoms with van der Waals surface area (Å²) in [5, 5.41) is 7.73. The Balaban J connectivity index is 1.38. The Hall–Kier alpha value is -3.79. The number of hydrogen-bond acceptors (Lipinski definition) is 7. The van der Waals surface area contributed by atoms with E-state index in [4.69, 9.17) is 10.2 Å². The van der Waals surface area contributed by atoms with E-state index in [1.807, 2.05) is 33.4 Å². The maximum Gasteiger partial charge on any atom is 0.219 e.